The van der Waals surface area contributed by atoms with Gasteiger partial charge in [0.1, 0.15) is 18.1 Å². The summed E-state index contributed by atoms with van der Waals surface area (Å²) in [6, 6.07) is -3.52. The quantitative estimate of drug-likeness (QED) is 0.111. The van der Waals surface area contributed by atoms with Gasteiger partial charge in [-0.2, -0.15) is 12.6 Å². The number of likely N-dealkylation sites (tertiary alicyclic amines) is 1. The predicted molar refractivity (Wildman–Crippen MR) is 124 cm³/mol. The minimum Gasteiger partial charge on any atom is -0.480 e. The molecular formula is C20H38N6O5S. The number of nitrogens with zero attached hydrogens (tertiary/aromatic N) is 1. The number of hydrogen-bond acceptors (Lipinski definition) is 8. The zero-order valence-electron chi connectivity index (χ0n) is 18.5. The van der Waals surface area contributed by atoms with Gasteiger partial charge in [0.15, 0.2) is 0 Å². The van der Waals surface area contributed by atoms with Crippen LogP contribution in [0.15, 0.2) is 0 Å². The molecule has 1 rings (SSSR count). The molecule has 11 nitrogen and oxygen atoms in total. The van der Waals surface area contributed by atoms with Gasteiger partial charge in [-0.25, -0.2) is 4.79 Å². The molecule has 184 valence electrons. The number of carboxylic acids is 1. The monoisotopic (exact) mass is 474 g/mol. The molecule has 4 atom stereocenters. The van der Waals surface area contributed by atoms with Crippen LogP contribution in [0.4, 0.5) is 0 Å². The molecule has 1 saturated heterocycles. The summed E-state index contributed by atoms with van der Waals surface area (Å²) >= 11 is 3.95. The number of thiol groups is 1. The number of unbranched alkanes of at least 4 members (excludes halogenated alkanes) is 2. The van der Waals surface area contributed by atoms with Crippen molar-refractivity contribution in [1.29, 1.82) is 0 Å². The smallest absolute Gasteiger partial charge is 0.327 e. The molecule has 9 N–H and O–H groups in total. The minimum absolute atomic E-state index is 0.0679. The van der Waals surface area contributed by atoms with Crippen LogP contribution < -0.4 is 27.8 Å². The van der Waals surface area contributed by atoms with E-state index in [0.717, 1.165) is 6.42 Å². The maximum absolute atomic E-state index is 13.3. The fraction of sp³-hybridized carbons (Fsp3) is 0.800. The Balaban J connectivity index is 2.86. The molecule has 1 aliphatic heterocycles. The first-order valence-electron chi connectivity index (χ1n) is 11.2. The summed E-state index contributed by atoms with van der Waals surface area (Å²) in [5.74, 6) is -2.60. The number of nitrogens with one attached hydrogen (secondary N) is 2. The third kappa shape index (κ3) is 8.93. The fourth-order valence-corrected chi connectivity index (χ4v) is 3.87. The Kier molecular flexibility index (Phi) is 13.2. The van der Waals surface area contributed by atoms with Crippen LogP contribution in [0.5, 0.6) is 0 Å². The van der Waals surface area contributed by atoms with E-state index < -0.39 is 42.0 Å². The van der Waals surface area contributed by atoms with E-state index in [1.165, 1.54) is 4.90 Å². The number of carboxylic acid groups (broad SMARTS) is 1. The van der Waals surface area contributed by atoms with E-state index in [4.69, 9.17) is 22.3 Å². The second-order valence-corrected chi connectivity index (χ2v) is 8.37. The summed E-state index contributed by atoms with van der Waals surface area (Å²) in [5.41, 5.74) is 17.0. The molecule has 4 unspecified atom stereocenters. The third-order valence-electron chi connectivity index (χ3n) is 5.50. The topological polar surface area (TPSA) is 194 Å². The molecule has 0 bridgehead atoms. The Bertz CT molecular complexity index is 638. The lowest BCUT2D eigenvalue weighted by atomic mass is 10.0. The molecule has 0 radical (unpaired) electrons. The lowest BCUT2D eigenvalue weighted by molar-refractivity contribution is -0.144. The van der Waals surface area contributed by atoms with Crippen molar-refractivity contribution in [2.75, 3.05) is 25.4 Å². The highest BCUT2D eigenvalue weighted by atomic mass is 32.1. The van der Waals surface area contributed by atoms with Crippen LogP contribution in [0.25, 0.3) is 0 Å². The van der Waals surface area contributed by atoms with Crippen molar-refractivity contribution in [3.05, 3.63) is 0 Å². The molecule has 0 aromatic heterocycles. The van der Waals surface area contributed by atoms with E-state index in [2.05, 4.69) is 23.3 Å². The second kappa shape index (κ2) is 15.0. The first-order chi connectivity index (χ1) is 15.3. The summed E-state index contributed by atoms with van der Waals surface area (Å²) in [7, 11) is 0. The second-order valence-electron chi connectivity index (χ2n) is 8.01. The summed E-state index contributed by atoms with van der Waals surface area (Å²) < 4.78 is 0. The van der Waals surface area contributed by atoms with E-state index >= 15 is 0 Å². The van der Waals surface area contributed by atoms with Crippen LogP contribution in [-0.2, 0) is 19.2 Å². The zero-order valence-corrected chi connectivity index (χ0v) is 19.4. The fourth-order valence-electron chi connectivity index (χ4n) is 3.63. The highest BCUT2D eigenvalue weighted by molar-refractivity contribution is 7.80. The van der Waals surface area contributed by atoms with Gasteiger partial charge in [0.2, 0.25) is 17.7 Å². The molecular weight excluding hydrogens is 436 g/mol. The molecule has 32 heavy (non-hydrogen) atoms. The molecule has 12 heteroatoms. The van der Waals surface area contributed by atoms with Crippen molar-refractivity contribution in [3.8, 4) is 0 Å². The Labute approximate surface area is 194 Å². The first-order valence-corrected chi connectivity index (χ1v) is 11.8. The van der Waals surface area contributed by atoms with Crippen molar-refractivity contribution < 1.29 is 24.3 Å². The SMILES string of the molecule is NCCCCC(N)C(=O)NC(CCCCN)C(=O)N1CCCC1C(=O)NC(CS)C(=O)O. The van der Waals surface area contributed by atoms with E-state index in [1.54, 1.807) is 0 Å². The van der Waals surface area contributed by atoms with Gasteiger partial charge in [-0.3, -0.25) is 14.4 Å². The van der Waals surface area contributed by atoms with E-state index in [9.17, 15) is 19.2 Å². The Morgan fingerprint density at radius 1 is 1.00 bits per heavy atom. The van der Waals surface area contributed by atoms with Gasteiger partial charge in [0, 0.05) is 12.3 Å². The van der Waals surface area contributed by atoms with E-state index in [1.807, 2.05) is 0 Å². The van der Waals surface area contributed by atoms with Crippen LogP contribution in [-0.4, -0.2) is 83.3 Å². The van der Waals surface area contributed by atoms with Crippen LogP contribution in [0, 0.1) is 0 Å². The molecule has 0 aliphatic carbocycles. The number of carbonyl (C=O) groups is 4. The number of nitrogens with two attached hydrogens (primary N) is 3. The average Bonchev–Trinajstić information content (AvgIpc) is 3.26. The normalized spacial score (nSPS) is 18.6. The van der Waals surface area contributed by atoms with Gasteiger partial charge in [-0.05, 0) is 58.0 Å². The summed E-state index contributed by atoms with van der Waals surface area (Å²) in [6.07, 6.45) is 4.63. The number of carbonyl (C=O) groups excluding carboxylic acids is 3. The Morgan fingerprint density at radius 2 is 1.62 bits per heavy atom. The van der Waals surface area contributed by atoms with E-state index in [-0.39, 0.29) is 11.7 Å². The molecule has 0 aromatic rings. The maximum atomic E-state index is 13.3. The highest BCUT2D eigenvalue weighted by Crippen LogP contribution is 2.20. The summed E-state index contributed by atoms with van der Waals surface area (Å²) in [5, 5.41) is 14.3. The lowest BCUT2D eigenvalue weighted by Crippen LogP contribution is -2.57. The average molecular weight is 475 g/mol. The van der Waals surface area contributed by atoms with Gasteiger partial charge in [-0.15, -0.1) is 0 Å². The molecule has 1 fully saturated rings. The molecule has 0 spiro atoms. The summed E-state index contributed by atoms with van der Waals surface area (Å²) in [4.78, 5) is 51.1. The predicted octanol–water partition coefficient (Wildman–Crippen LogP) is -1.45. The number of aliphatic carboxylic acids is 1. The van der Waals surface area contributed by atoms with Crippen molar-refractivity contribution in [3.63, 3.8) is 0 Å². The van der Waals surface area contributed by atoms with Gasteiger partial charge < -0.3 is 37.8 Å². The van der Waals surface area contributed by atoms with Gasteiger partial charge in [0.05, 0.1) is 6.04 Å². The van der Waals surface area contributed by atoms with Gasteiger partial charge >= 0.3 is 5.97 Å². The molecule has 1 aliphatic rings. The number of hydrogen-bond donors (Lipinski definition) is 7. The maximum Gasteiger partial charge on any atom is 0.327 e. The third-order valence-corrected chi connectivity index (χ3v) is 5.87. The lowest BCUT2D eigenvalue weighted by Gasteiger charge is -2.30. The standard InChI is InChI=1S/C20H38N6O5S/c21-9-3-1-6-13(23)17(27)24-14(7-2-4-10-22)19(29)26-11-5-8-16(26)18(28)25-15(12-32)20(30)31/h13-16,32H,1-12,21-23H2,(H,24,27)(H,25,28)(H,30,31). The number of rotatable bonds is 15. The van der Waals surface area contributed by atoms with Crippen LogP contribution in [0.3, 0.4) is 0 Å². The Hall–Kier alpha value is -1.89. The molecule has 0 saturated carbocycles. The first kappa shape index (κ1) is 28.1. The molecule has 0 aromatic carbocycles. The van der Waals surface area contributed by atoms with Crippen molar-refractivity contribution in [2.45, 2.75) is 75.5 Å². The number of amides is 3. The van der Waals surface area contributed by atoms with Crippen molar-refractivity contribution in [1.82, 2.24) is 15.5 Å². The minimum atomic E-state index is -1.19. The van der Waals surface area contributed by atoms with Crippen molar-refractivity contribution in [2.24, 2.45) is 17.2 Å². The van der Waals surface area contributed by atoms with Gasteiger partial charge in [0.25, 0.3) is 0 Å². The van der Waals surface area contributed by atoms with Crippen LogP contribution >= 0.6 is 12.6 Å². The molecule has 1 heterocycles. The van der Waals surface area contributed by atoms with Gasteiger partial charge in [-0.1, -0.05) is 6.42 Å². The Morgan fingerprint density at radius 3 is 2.19 bits per heavy atom. The van der Waals surface area contributed by atoms with Crippen molar-refractivity contribution >= 4 is 36.3 Å². The molecule has 3 amide bonds. The zero-order chi connectivity index (χ0) is 24.1. The van der Waals surface area contributed by atoms with Crippen LogP contribution in [0.2, 0.25) is 0 Å². The highest BCUT2D eigenvalue weighted by Gasteiger charge is 2.38. The summed E-state index contributed by atoms with van der Waals surface area (Å²) in [6.45, 7) is 1.33. The van der Waals surface area contributed by atoms with E-state index in [0.29, 0.717) is 64.6 Å². The largest absolute Gasteiger partial charge is 0.480 e. The van der Waals surface area contributed by atoms with Crippen LogP contribution in [0.1, 0.15) is 51.4 Å².